The summed E-state index contributed by atoms with van der Waals surface area (Å²) in [4.78, 5) is 16.5. The summed E-state index contributed by atoms with van der Waals surface area (Å²) in [7, 11) is 4.68. The maximum absolute atomic E-state index is 13.2. The van der Waals surface area contributed by atoms with E-state index in [4.69, 9.17) is 17.0 Å². The van der Waals surface area contributed by atoms with E-state index in [-0.39, 0.29) is 17.4 Å². The summed E-state index contributed by atoms with van der Waals surface area (Å²) in [6.45, 7) is 0.773. The second-order valence-corrected chi connectivity index (χ2v) is 7.93. The van der Waals surface area contributed by atoms with Crippen molar-refractivity contribution in [1.29, 1.82) is 0 Å². The number of halogens is 2. The molecule has 3 rings (SSSR count). The van der Waals surface area contributed by atoms with Crippen molar-refractivity contribution in [2.45, 2.75) is 26.5 Å². The van der Waals surface area contributed by atoms with Gasteiger partial charge in [0.2, 0.25) is 0 Å². The van der Waals surface area contributed by atoms with Gasteiger partial charge in [-0.05, 0) is 61.5 Å². The third-order valence-electron chi connectivity index (χ3n) is 5.12. The van der Waals surface area contributed by atoms with Crippen LogP contribution in [0.4, 0.5) is 14.5 Å². The first-order valence-corrected chi connectivity index (χ1v) is 10.3. The van der Waals surface area contributed by atoms with E-state index >= 15 is 0 Å². The second-order valence-electron chi connectivity index (χ2n) is 7.54. The van der Waals surface area contributed by atoms with Crippen molar-refractivity contribution in [1.82, 2.24) is 10.2 Å². The molecule has 2 aromatic carbocycles. The van der Waals surface area contributed by atoms with Crippen LogP contribution in [0.15, 0.2) is 53.7 Å². The number of aryl methyl sites for hydroxylation is 1. The van der Waals surface area contributed by atoms with E-state index < -0.39 is 12.7 Å². The Morgan fingerprint density at radius 3 is 2.47 bits per heavy atom. The minimum Gasteiger partial charge on any atom is -0.493 e. The molecule has 1 amide bonds. The third-order valence-corrected chi connectivity index (χ3v) is 5.42. The average molecular weight is 462 g/mol. The standard InChI is InChI=1S/C23H25F2N3O3S/c1-13-7-6-8-16(11-13)28-14(2)19(21(29)27(3)4)20(26-23(28)32)15-9-10-17(30-5)18(12-15)31-22(24)25/h6-12,20,22H,1-5H3,(H,26,32). The van der Waals surface area contributed by atoms with Crippen LogP contribution in [-0.4, -0.2) is 43.7 Å². The summed E-state index contributed by atoms with van der Waals surface area (Å²) >= 11 is 5.64. The number of benzene rings is 2. The summed E-state index contributed by atoms with van der Waals surface area (Å²) in [6.07, 6.45) is 0. The van der Waals surface area contributed by atoms with Crippen molar-refractivity contribution in [3.63, 3.8) is 0 Å². The van der Waals surface area contributed by atoms with Crippen molar-refractivity contribution >= 4 is 28.9 Å². The number of carbonyl (C=O) groups excluding carboxylic acids is 1. The molecule has 2 aromatic rings. The molecule has 1 aliphatic rings. The topological polar surface area (TPSA) is 54.0 Å². The van der Waals surface area contributed by atoms with E-state index in [1.807, 2.05) is 38.1 Å². The Morgan fingerprint density at radius 2 is 1.88 bits per heavy atom. The van der Waals surface area contributed by atoms with Crippen LogP contribution >= 0.6 is 12.2 Å². The normalized spacial score (nSPS) is 16.2. The maximum atomic E-state index is 13.2. The highest BCUT2D eigenvalue weighted by molar-refractivity contribution is 7.80. The number of carbonyl (C=O) groups is 1. The third kappa shape index (κ3) is 4.67. The summed E-state index contributed by atoms with van der Waals surface area (Å²) in [5.74, 6) is -0.189. The summed E-state index contributed by atoms with van der Waals surface area (Å²) in [5.41, 5.74) is 3.49. The number of anilines is 1. The molecule has 1 N–H and O–H groups in total. The van der Waals surface area contributed by atoms with Crippen molar-refractivity contribution < 1.29 is 23.0 Å². The first kappa shape index (κ1) is 23.5. The van der Waals surface area contributed by atoms with Gasteiger partial charge in [0.1, 0.15) is 0 Å². The molecule has 0 aromatic heterocycles. The van der Waals surface area contributed by atoms with Gasteiger partial charge in [0.05, 0.1) is 18.7 Å². The zero-order chi connectivity index (χ0) is 23.6. The predicted molar refractivity (Wildman–Crippen MR) is 123 cm³/mol. The van der Waals surface area contributed by atoms with E-state index in [0.717, 1.165) is 11.3 Å². The Labute approximate surface area is 191 Å². The first-order valence-electron chi connectivity index (χ1n) is 9.86. The first-order chi connectivity index (χ1) is 15.1. The van der Waals surface area contributed by atoms with Crippen LogP contribution in [-0.2, 0) is 4.79 Å². The Bertz CT molecular complexity index is 1070. The van der Waals surface area contributed by atoms with Crippen LogP contribution in [0.25, 0.3) is 0 Å². The number of rotatable bonds is 6. The van der Waals surface area contributed by atoms with Crippen LogP contribution in [0.1, 0.15) is 24.1 Å². The molecule has 1 heterocycles. The minimum absolute atomic E-state index is 0.122. The summed E-state index contributed by atoms with van der Waals surface area (Å²) in [6, 6.07) is 11.8. The van der Waals surface area contributed by atoms with Gasteiger partial charge in [-0.2, -0.15) is 8.78 Å². The van der Waals surface area contributed by atoms with Crippen LogP contribution in [0.5, 0.6) is 11.5 Å². The van der Waals surface area contributed by atoms with Gasteiger partial charge in [0, 0.05) is 25.5 Å². The molecule has 0 saturated heterocycles. The van der Waals surface area contributed by atoms with Crippen LogP contribution in [0, 0.1) is 6.92 Å². The zero-order valence-electron chi connectivity index (χ0n) is 18.5. The monoisotopic (exact) mass is 461 g/mol. The molecule has 0 saturated carbocycles. The molecule has 32 heavy (non-hydrogen) atoms. The van der Waals surface area contributed by atoms with Crippen LogP contribution < -0.4 is 19.7 Å². The highest BCUT2D eigenvalue weighted by Crippen LogP contribution is 2.38. The number of amides is 1. The molecule has 170 valence electrons. The van der Waals surface area contributed by atoms with Crippen molar-refractivity contribution in [3.05, 3.63) is 64.9 Å². The molecule has 0 spiro atoms. The van der Waals surface area contributed by atoms with E-state index in [0.29, 0.717) is 21.9 Å². The lowest BCUT2D eigenvalue weighted by Crippen LogP contribution is -2.49. The summed E-state index contributed by atoms with van der Waals surface area (Å²) in [5, 5.41) is 3.59. The Morgan fingerprint density at radius 1 is 1.16 bits per heavy atom. The fourth-order valence-electron chi connectivity index (χ4n) is 3.65. The van der Waals surface area contributed by atoms with Gasteiger partial charge in [-0.3, -0.25) is 9.69 Å². The van der Waals surface area contributed by atoms with Gasteiger partial charge in [0.15, 0.2) is 16.6 Å². The lowest BCUT2D eigenvalue weighted by atomic mass is 9.93. The van der Waals surface area contributed by atoms with Gasteiger partial charge in [-0.1, -0.05) is 18.2 Å². The van der Waals surface area contributed by atoms with Crippen LogP contribution in [0.3, 0.4) is 0 Å². The number of ether oxygens (including phenoxy) is 2. The van der Waals surface area contributed by atoms with Gasteiger partial charge in [-0.25, -0.2) is 0 Å². The summed E-state index contributed by atoms with van der Waals surface area (Å²) < 4.78 is 35.6. The van der Waals surface area contributed by atoms with E-state index in [2.05, 4.69) is 10.1 Å². The van der Waals surface area contributed by atoms with Crippen LogP contribution in [0.2, 0.25) is 0 Å². The lowest BCUT2D eigenvalue weighted by molar-refractivity contribution is -0.125. The van der Waals surface area contributed by atoms with Gasteiger partial charge >= 0.3 is 6.61 Å². The maximum Gasteiger partial charge on any atom is 0.387 e. The largest absolute Gasteiger partial charge is 0.493 e. The molecular weight excluding hydrogens is 436 g/mol. The second kappa shape index (κ2) is 9.52. The Kier molecular flexibility index (Phi) is 6.98. The van der Waals surface area contributed by atoms with Gasteiger partial charge in [0.25, 0.3) is 5.91 Å². The van der Waals surface area contributed by atoms with E-state index in [9.17, 15) is 13.6 Å². The highest BCUT2D eigenvalue weighted by Gasteiger charge is 2.35. The Balaban J connectivity index is 2.16. The number of alkyl halides is 2. The lowest BCUT2D eigenvalue weighted by Gasteiger charge is -2.38. The number of likely N-dealkylation sites (N-methyl/N-ethyl adjacent to an activating group) is 1. The molecule has 9 heteroatoms. The van der Waals surface area contributed by atoms with Crippen molar-refractivity contribution in [2.24, 2.45) is 0 Å². The SMILES string of the molecule is COc1ccc(C2NC(=S)N(c3cccc(C)c3)C(C)=C2C(=O)N(C)C)cc1OC(F)F. The minimum atomic E-state index is -3.02. The average Bonchev–Trinajstić information content (AvgIpc) is 2.72. The fraction of sp³-hybridized carbons (Fsp3) is 0.304. The number of nitrogens with one attached hydrogen (secondary N) is 1. The molecule has 0 radical (unpaired) electrons. The molecule has 1 aliphatic heterocycles. The van der Waals surface area contributed by atoms with Crippen molar-refractivity contribution in [2.75, 3.05) is 26.1 Å². The Hall–Kier alpha value is -3.20. The highest BCUT2D eigenvalue weighted by atomic mass is 32.1. The molecule has 0 aliphatic carbocycles. The number of thiocarbonyl (C=S) groups is 1. The smallest absolute Gasteiger partial charge is 0.387 e. The molecule has 6 nitrogen and oxygen atoms in total. The number of hydrogen-bond acceptors (Lipinski definition) is 4. The van der Waals surface area contributed by atoms with E-state index in [1.165, 1.54) is 24.1 Å². The predicted octanol–water partition coefficient (Wildman–Crippen LogP) is 4.40. The zero-order valence-corrected chi connectivity index (χ0v) is 19.3. The molecule has 1 unspecified atom stereocenters. The molecule has 0 bridgehead atoms. The molecule has 1 atom stereocenters. The van der Waals surface area contributed by atoms with Gasteiger partial charge in [-0.15, -0.1) is 0 Å². The molecule has 0 fully saturated rings. The quantitative estimate of drug-likeness (QED) is 0.644. The fourth-order valence-corrected chi connectivity index (χ4v) is 4.01. The molecular formula is C23H25F2N3O3S. The van der Waals surface area contributed by atoms with E-state index in [1.54, 1.807) is 25.1 Å². The van der Waals surface area contributed by atoms with Crippen molar-refractivity contribution in [3.8, 4) is 11.5 Å². The number of methoxy groups -OCH3 is 1. The number of hydrogen-bond donors (Lipinski definition) is 1. The number of allylic oxidation sites excluding steroid dienone is 1. The van der Waals surface area contributed by atoms with Gasteiger partial charge < -0.3 is 19.7 Å². The number of nitrogens with zero attached hydrogens (tertiary/aromatic N) is 2.